The maximum Gasteiger partial charge on any atom is 0.390 e. The fourth-order valence-electron chi connectivity index (χ4n) is 1.52. The van der Waals surface area contributed by atoms with Gasteiger partial charge in [-0.2, -0.15) is 13.2 Å². The van der Waals surface area contributed by atoms with Gasteiger partial charge in [-0.3, -0.25) is 4.79 Å². The molecule has 0 saturated carbocycles. The van der Waals surface area contributed by atoms with Gasteiger partial charge in [-0.05, 0) is 12.1 Å². The van der Waals surface area contributed by atoms with Crippen molar-refractivity contribution in [3.8, 4) is 0 Å². The van der Waals surface area contributed by atoms with Gasteiger partial charge in [0.1, 0.15) is 0 Å². The van der Waals surface area contributed by atoms with Crippen LogP contribution in [0.2, 0.25) is 0 Å². The van der Waals surface area contributed by atoms with E-state index in [2.05, 4.69) is 0 Å². The van der Waals surface area contributed by atoms with Crippen LogP contribution >= 0.6 is 0 Å². The van der Waals surface area contributed by atoms with Gasteiger partial charge in [-0.25, -0.2) is 0 Å². The molecule has 0 spiro atoms. The number of amides is 1. The van der Waals surface area contributed by atoms with E-state index in [4.69, 9.17) is 11.5 Å². The fraction of sp³-hybridized carbons (Fsp3) is 0.364. The number of benzene rings is 1. The van der Waals surface area contributed by atoms with Crippen LogP contribution in [-0.4, -0.2) is 25.7 Å². The van der Waals surface area contributed by atoms with E-state index in [0.29, 0.717) is 5.69 Å². The van der Waals surface area contributed by atoms with E-state index in [1.807, 2.05) is 0 Å². The Morgan fingerprint density at radius 1 is 1.39 bits per heavy atom. The standard InChI is InChI=1S/C11H14F3N3O/c1-17(6-5-11(12,13)14)8-4-2-3-7(9(8)15)10(16)18/h2-4H,5-6,15H2,1H3,(H2,16,18). The van der Waals surface area contributed by atoms with Crippen LogP contribution in [0.1, 0.15) is 16.8 Å². The molecule has 0 aliphatic carbocycles. The maximum atomic E-state index is 12.1. The summed E-state index contributed by atoms with van der Waals surface area (Å²) in [4.78, 5) is 12.4. The van der Waals surface area contributed by atoms with Crippen LogP contribution in [-0.2, 0) is 0 Å². The third kappa shape index (κ3) is 3.54. The Bertz CT molecular complexity index is 446. The van der Waals surface area contributed by atoms with Gasteiger partial charge in [0.2, 0.25) is 0 Å². The lowest BCUT2D eigenvalue weighted by atomic mass is 10.1. The molecular formula is C11H14F3N3O. The maximum absolute atomic E-state index is 12.1. The molecule has 4 N–H and O–H groups in total. The molecular weight excluding hydrogens is 247 g/mol. The first-order chi connectivity index (χ1) is 8.22. The average molecular weight is 261 g/mol. The molecule has 0 bridgehead atoms. The predicted octanol–water partition coefficient (Wildman–Crippen LogP) is 1.76. The van der Waals surface area contributed by atoms with Gasteiger partial charge in [0.15, 0.2) is 0 Å². The lowest BCUT2D eigenvalue weighted by Gasteiger charge is -2.22. The highest BCUT2D eigenvalue weighted by Crippen LogP contribution is 2.27. The Morgan fingerprint density at radius 2 is 2.00 bits per heavy atom. The van der Waals surface area contributed by atoms with Crippen molar-refractivity contribution in [2.45, 2.75) is 12.6 Å². The molecule has 0 aliphatic heterocycles. The number of halogens is 3. The topological polar surface area (TPSA) is 72.3 Å². The molecule has 4 nitrogen and oxygen atoms in total. The van der Waals surface area contributed by atoms with E-state index in [-0.39, 0.29) is 17.8 Å². The summed E-state index contributed by atoms with van der Waals surface area (Å²) in [6.07, 6.45) is -5.19. The highest BCUT2D eigenvalue weighted by Gasteiger charge is 2.27. The molecule has 100 valence electrons. The first kappa shape index (κ1) is 14.1. The van der Waals surface area contributed by atoms with Crippen molar-refractivity contribution in [3.05, 3.63) is 23.8 Å². The lowest BCUT2D eigenvalue weighted by molar-refractivity contribution is -0.132. The first-order valence-corrected chi connectivity index (χ1v) is 5.18. The van der Waals surface area contributed by atoms with Gasteiger partial charge in [0.05, 0.1) is 23.4 Å². The normalized spacial score (nSPS) is 11.3. The van der Waals surface area contributed by atoms with E-state index in [0.717, 1.165) is 0 Å². The van der Waals surface area contributed by atoms with Gasteiger partial charge < -0.3 is 16.4 Å². The number of hydrogen-bond donors (Lipinski definition) is 2. The molecule has 1 rings (SSSR count). The minimum atomic E-state index is -4.23. The molecule has 18 heavy (non-hydrogen) atoms. The van der Waals surface area contributed by atoms with Crippen LogP contribution in [0.15, 0.2) is 18.2 Å². The zero-order valence-electron chi connectivity index (χ0n) is 9.79. The zero-order chi connectivity index (χ0) is 13.9. The van der Waals surface area contributed by atoms with E-state index in [1.54, 1.807) is 0 Å². The molecule has 1 amide bonds. The summed E-state index contributed by atoms with van der Waals surface area (Å²) < 4.78 is 36.3. The Balaban J connectivity index is 2.89. The van der Waals surface area contributed by atoms with Gasteiger partial charge in [0, 0.05) is 13.6 Å². The molecule has 0 unspecified atom stereocenters. The van der Waals surface area contributed by atoms with Crippen molar-refractivity contribution in [1.82, 2.24) is 0 Å². The summed E-state index contributed by atoms with van der Waals surface area (Å²) in [5, 5.41) is 0. The van der Waals surface area contributed by atoms with Crippen LogP contribution in [0.4, 0.5) is 24.5 Å². The summed E-state index contributed by atoms with van der Waals surface area (Å²) >= 11 is 0. The number of nitrogens with two attached hydrogens (primary N) is 2. The van der Waals surface area contributed by atoms with Crippen molar-refractivity contribution in [2.75, 3.05) is 24.2 Å². The number of anilines is 2. The minimum absolute atomic E-state index is 0.0923. The quantitative estimate of drug-likeness (QED) is 0.811. The number of alkyl halides is 3. The number of carbonyl (C=O) groups excluding carboxylic acids is 1. The van der Waals surface area contributed by atoms with Gasteiger partial charge >= 0.3 is 6.18 Å². The van der Waals surface area contributed by atoms with Crippen molar-refractivity contribution >= 4 is 17.3 Å². The van der Waals surface area contributed by atoms with Crippen LogP contribution < -0.4 is 16.4 Å². The van der Waals surface area contributed by atoms with E-state index >= 15 is 0 Å². The van der Waals surface area contributed by atoms with E-state index in [1.165, 1.54) is 30.1 Å². The molecule has 1 aromatic rings. The summed E-state index contributed by atoms with van der Waals surface area (Å²) in [5.74, 6) is -0.710. The third-order valence-corrected chi connectivity index (χ3v) is 2.49. The Labute approximate surface area is 102 Å². The molecule has 0 atom stereocenters. The van der Waals surface area contributed by atoms with Crippen LogP contribution in [0, 0.1) is 0 Å². The molecule has 0 fully saturated rings. The van der Waals surface area contributed by atoms with Crippen molar-refractivity contribution in [2.24, 2.45) is 5.73 Å². The molecule has 0 radical (unpaired) electrons. The minimum Gasteiger partial charge on any atom is -0.396 e. The second-order valence-electron chi connectivity index (χ2n) is 3.89. The SMILES string of the molecule is CN(CCC(F)(F)F)c1cccc(C(N)=O)c1N. The molecule has 0 saturated heterocycles. The number of nitrogen functional groups attached to an aromatic ring is 1. The van der Waals surface area contributed by atoms with E-state index in [9.17, 15) is 18.0 Å². The summed E-state index contributed by atoms with van der Waals surface area (Å²) in [7, 11) is 1.47. The smallest absolute Gasteiger partial charge is 0.390 e. The molecule has 1 aromatic carbocycles. The number of hydrogen-bond acceptors (Lipinski definition) is 3. The number of carbonyl (C=O) groups is 1. The lowest BCUT2D eigenvalue weighted by Crippen LogP contribution is -2.25. The highest BCUT2D eigenvalue weighted by atomic mass is 19.4. The molecule has 7 heteroatoms. The van der Waals surface area contributed by atoms with Gasteiger partial charge in [-0.1, -0.05) is 6.07 Å². The Kier molecular flexibility index (Phi) is 4.05. The van der Waals surface area contributed by atoms with Crippen LogP contribution in [0.3, 0.4) is 0 Å². The Hall–Kier alpha value is -1.92. The molecule has 0 heterocycles. The van der Waals surface area contributed by atoms with Crippen molar-refractivity contribution < 1.29 is 18.0 Å². The fourth-order valence-corrected chi connectivity index (χ4v) is 1.52. The number of nitrogens with zero attached hydrogens (tertiary/aromatic N) is 1. The highest BCUT2D eigenvalue weighted by molar-refractivity contribution is 6.00. The monoisotopic (exact) mass is 261 g/mol. The van der Waals surface area contributed by atoms with E-state index < -0.39 is 18.5 Å². The number of primary amides is 1. The summed E-state index contributed by atoms with van der Waals surface area (Å²) in [6, 6.07) is 4.49. The molecule has 0 aromatic heterocycles. The molecule has 0 aliphatic rings. The number of para-hydroxylation sites is 1. The third-order valence-electron chi connectivity index (χ3n) is 2.49. The van der Waals surface area contributed by atoms with Crippen LogP contribution in [0.5, 0.6) is 0 Å². The summed E-state index contributed by atoms with van der Waals surface area (Å²) in [6.45, 7) is -0.240. The van der Waals surface area contributed by atoms with Crippen molar-refractivity contribution in [1.29, 1.82) is 0 Å². The van der Waals surface area contributed by atoms with Crippen LogP contribution in [0.25, 0.3) is 0 Å². The number of rotatable bonds is 4. The second-order valence-corrected chi connectivity index (χ2v) is 3.89. The van der Waals surface area contributed by atoms with Gasteiger partial charge in [0.25, 0.3) is 5.91 Å². The summed E-state index contributed by atoms with van der Waals surface area (Å²) in [5.41, 5.74) is 11.4. The zero-order valence-corrected chi connectivity index (χ0v) is 9.79. The average Bonchev–Trinajstić information content (AvgIpc) is 2.24. The Morgan fingerprint density at radius 3 is 2.50 bits per heavy atom. The largest absolute Gasteiger partial charge is 0.396 e. The second kappa shape index (κ2) is 5.16. The van der Waals surface area contributed by atoms with Gasteiger partial charge in [-0.15, -0.1) is 0 Å². The predicted molar refractivity (Wildman–Crippen MR) is 63.3 cm³/mol. The first-order valence-electron chi connectivity index (χ1n) is 5.18. The van der Waals surface area contributed by atoms with Crippen molar-refractivity contribution in [3.63, 3.8) is 0 Å².